The SMILES string of the molecule is CN(C)c1cc[n+](-c2[c-]c(C(=O)O)c(-[n+]3ccc(N(C)C)cc3)c(-[n+]3ccc(N(C)C)cc3)c2Sc2ccc(C(=O)NCc3ccc(C(=O)NCc4c5oc6cc(O)ccc6c(-c6ccccc6C(=O)O)c-5ccc4=O)cc3)cc2)cc1.[Y]. The van der Waals surface area contributed by atoms with E-state index in [2.05, 4.69) is 16.7 Å². The molecule has 10 rings (SSSR count). The first kappa shape index (κ1) is 58.4. The number of phenolic OH excluding ortho intramolecular Hbond substituents is 1. The van der Waals surface area contributed by atoms with Gasteiger partial charge in [0, 0.05) is 179 Å². The van der Waals surface area contributed by atoms with Crippen molar-refractivity contribution in [1.82, 2.24) is 10.6 Å². The predicted octanol–water partition coefficient (Wildman–Crippen LogP) is 8.50. The van der Waals surface area contributed by atoms with Crippen LogP contribution in [0.25, 0.3) is 50.5 Å². The molecule has 83 heavy (non-hydrogen) atoms. The summed E-state index contributed by atoms with van der Waals surface area (Å²) in [5.74, 6) is -3.08. The summed E-state index contributed by atoms with van der Waals surface area (Å²) in [4.78, 5) is 73.9. The number of carboxylic acids is 2. The summed E-state index contributed by atoms with van der Waals surface area (Å²) in [7, 11) is 11.7. The summed E-state index contributed by atoms with van der Waals surface area (Å²) in [5.41, 5.74) is 6.95. The number of aromatic hydroxyl groups is 1. The molecule has 17 nitrogen and oxygen atoms in total. The number of hydrogen-bond acceptors (Lipinski definition) is 11. The number of phenols is 1. The number of nitrogens with one attached hydrogen (secondary N) is 2. The number of benzene rings is 6. The van der Waals surface area contributed by atoms with Gasteiger partial charge in [-0.2, -0.15) is 9.13 Å². The van der Waals surface area contributed by atoms with Crippen molar-refractivity contribution in [3.8, 4) is 45.3 Å². The Bertz CT molecular complexity index is 4120. The van der Waals surface area contributed by atoms with E-state index in [0.29, 0.717) is 55.2 Å². The first-order valence-electron chi connectivity index (χ1n) is 25.8. The Labute approximate surface area is 507 Å². The fourth-order valence-corrected chi connectivity index (χ4v) is 10.6. The van der Waals surface area contributed by atoms with Gasteiger partial charge in [0.05, 0.1) is 22.6 Å². The van der Waals surface area contributed by atoms with Crippen LogP contribution in [0.3, 0.4) is 0 Å². The largest absolute Gasteiger partial charge is 0.521 e. The summed E-state index contributed by atoms with van der Waals surface area (Å²) >= 11 is 1.41. The molecular formula is C64H56N8O9SY+2. The molecular weight excluding hydrogens is 1150 g/mol. The van der Waals surface area contributed by atoms with Gasteiger partial charge in [0.1, 0.15) is 22.8 Å². The van der Waals surface area contributed by atoms with Crippen LogP contribution in [-0.4, -0.2) is 81.4 Å². The molecule has 5 aromatic carbocycles. The van der Waals surface area contributed by atoms with Crippen LogP contribution in [0.2, 0.25) is 0 Å². The number of aromatic nitrogens is 3. The summed E-state index contributed by atoms with van der Waals surface area (Å²) in [6.45, 7) is -0.0810. The van der Waals surface area contributed by atoms with E-state index in [1.807, 2.05) is 152 Å². The van der Waals surface area contributed by atoms with E-state index in [-0.39, 0.29) is 85.5 Å². The van der Waals surface area contributed by atoms with Crippen molar-refractivity contribution >= 4 is 63.5 Å². The van der Waals surface area contributed by atoms with Crippen LogP contribution in [0, 0.1) is 6.07 Å². The summed E-state index contributed by atoms with van der Waals surface area (Å²) < 4.78 is 11.8. The Morgan fingerprint density at radius 2 is 1.12 bits per heavy atom. The number of carboxylic acid groups (broad SMARTS) is 2. The number of pyridine rings is 3. The van der Waals surface area contributed by atoms with E-state index < -0.39 is 23.3 Å². The van der Waals surface area contributed by atoms with E-state index in [9.17, 15) is 39.3 Å². The molecule has 0 saturated carbocycles. The first-order valence-corrected chi connectivity index (χ1v) is 26.7. The zero-order chi connectivity index (χ0) is 57.9. The van der Waals surface area contributed by atoms with Gasteiger partial charge in [0.15, 0.2) is 42.6 Å². The smallest absolute Gasteiger partial charge is 0.336 e. The van der Waals surface area contributed by atoms with Crippen molar-refractivity contribution in [2.24, 2.45) is 0 Å². The van der Waals surface area contributed by atoms with Crippen molar-refractivity contribution in [2.45, 2.75) is 22.9 Å². The molecule has 0 atom stereocenters. The number of fused-ring (bicyclic) bond motifs is 2. The molecule has 1 aliphatic carbocycles. The summed E-state index contributed by atoms with van der Waals surface area (Å²) in [6, 6.07) is 42.6. The second-order valence-corrected chi connectivity index (χ2v) is 21.0. The van der Waals surface area contributed by atoms with Gasteiger partial charge in [-0.15, -0.1) is 11.8 Å². The molecule has 1 aliphatic heterocycles. The number of hydrogen-bond donors (Lipinski definition) is 5. The van der Waals surface area contributed by atoms with E-state index in [0.717, 1.165) is 27.5 Å². The van der Waals surface area contributed by atoms with E-state index in [1.165, 1.54) is 36.0 Å². The molecule has 0 saturated heterocycles. The number of carbonyl (C=O) groups is 4. The van der Waals surface area contributed by atoms with Gasteiger partial charge in [-0.3, -0.25) is 14.4 Å². The Balaban J connectivity index is 0.00000828. The molecule has 5 N–H and O–H groups in total. The molecule has 1 radical (unpaired) electrons. The molecule has 8 aromatic rings. The fourth-order valence-electron chi connectivity index (χ4n) is 9.54. The number of nitrogens with zero attached hydrogens (tertiary/aromatic N) is 6. The van der Waals surface area contributed by atoms with Crippen LogP contribution >= 0.6 is 11.8 Å². The van der Waals surface area contributed by atoms with Crippen LogP contribution in [0.1, 0.15) is 52.6 Å². The third-order valence-electron chi connectivity index (χ3n) is 13.9. The molecule has 4 heterocycles. The number of aromatic carboxylic acids is 2. The second-order valence-electron chi connectivity index (χ2n) is 19.9. The van der Waals surface area contributed by atoms with E-state index >= 15 is 0 Å². The van der Waals surface area contributed by atoms with Crippen LogP contribution < -0.4 is 44.5 Å². The van der Waals surface area contributed by atoms with Crippen molar-refractivity contribution in [3.63, 3.8) is 0 Å². The average molecular weight is 1200 g/mol. The van der Waals surface area contributed by atoms with Gasteiger partial charge in [-0.05, 0) is 77.9 Å². The maximum Gasteiger partial charge on any atom is 0.336 e. The van der Waals surface area contributed by atoms with E-state index in [4.69, 9.17) is 4.42 Å². The summed E-state index contributed by atoms with van der Waals surface area (Å²) in [5, 5.41) is 37.7. The monoisotopic (exact) mass is 1200 g/mol. The molecule has 0 spiro atoms. The second kappa shape index (κ2) is 24.9. The zero-order valence-electron chi connectivity index (χ0n) is 46.1. The minimum Gasteiger partial charge on any atom is -0.521 e. The van der Waals surface area contributed by atoms with Gasteiger partial charge < -0.3 is 49.9 Å². The minimum absolute atomic E-state index is 0. The van der Waals surface area contributed by atoms with Gasteiger partial charge >= 0.3 is 5.97 Å². The van der Waals surface area contributed by atoms with Crippen LogP contribution in [0.4, 0.5) is 17.1 Å². The van der Waals surface area contributed by atoms with Gasteiger partial charge in [0.25, 0.3) is 17.8 Å². The van der Waals surface area contributed by atoms with Crippen molar-refractivity contribution in [1.29, 1.82) is 0 Å². The van der Waals surface area contributed by atoms with E-state index in [1.54, 1.807) is 71.3 Å². The topological polar surface area (TPSA) is 205 Å². The van der Waals surface area contributed by atoms with Crippen LogP contribution in [-0.2, 0) is 45.8 Å². The Kier molecular flexibility index (Phi) is 17.5. The van der Waals surface area contributed by atoms with Gasteiger partial charge in [0.2, 0.25) is 11.4 Å². The number of carbonyl (C=O) groups excluding carboxylic acids is 2. The van der Waals surface area contributed by atoms with Gasteiger partial charge in [-0.1, -0.05) is 36.4 Å². The molecule has 19 heteroatoms. The quantitative estimate of drug-likeness (QED) is 0.0330. The third-order valence-corrected chi connectivity index (χ3v) is 15.0. The molecule has 2 aliphatic rings. The summed E-state index contributed by atoms with van der Waals surface area (Å²) in [6.07, 6.45) is 11.3. The Hall–Kier alpha value is -9.23. The molecule has 413 valence electrons. The number of amides is 2. The first-order chi connectivity index (χ1) is 39.4. The molecule has 3 aromatic heterocycles. The third kappa shape index (κ3) is 12.4. The average Bonchev–Trinajstić information content (AvgIpc) is 3.07. The fraction of sp³-hybridized carbons (Fsp3) is 0.125. The normalized spacial score (nSPS) is 11.0. The standard InChI is InChI=1S/C64H54N8O9S.Y/c1-67(2)42-23-29-70(30-24-42)53-36-51(64(79)80)57(71-31-25-43(26-32-71)68(3)4)58(72-33-27-44(28-34-72)69(5)6)60(53)82-46-18-15-41(16-19-46)61(75)65-37-39-11-13-40(14-12-39)62(76)66-38-52-54(74)22-21-50-56(47-9-7-8-10-48(47)63(77)78)49-20-17-45(73)35-55(49)81-59(50)52;/h7-35H,37-38H2,1-6H3,(H3-2,65,66,73,74,75,76,77,78,79,80);/p+2. The maximum atomic E-state index is 13.7. The van der Waals surface area contributed by atoms with Crippen LogP contribution in [0.15, 0.2) is 196 Å². The molecule has 0 bridgehead atoms. The minimum atomic E-state index is -1.16. The molecule has 0 unspecified atom stereocenters. The Morgan fingerprint density at radius 1 is 0.590 bits per heavy atom. The Morgan fingerprint density at radius 3 is 1.67 bits per heavy atom. The van der Waals surface area contributed by atoms with Crippen LogP contribution in [0.5, 0.6) is 5.75 Å². The predicted molar refractivity (Wildman–Crippen MR) is 312 cm³/mol. The zero-order valence-corrected chi connectivity index (χ0v) is 49.8. The van der Waals surface area contributed by atoms with Crippen molar-refractivity contribution in [3.05, 3.63) is 226 Å². The van der Waals surface area contributed by atoms with Gasteiger partial charge in [-0.25, -0.2) is 9.36 Å². The van der Waals surface area contributed by atoms with Crippen molar-refractivity contribution in [2.75, 3.05) is 57.0 Å². The molecule has 0 fully saturated rings. The number of anilines is 3. The molecule has 2 amide bonds. The van der Waals surface area contributed by atoms with Crippen molar-refractivity contribution < 1.29 is 85.3 Å². The number of rotatable bonds is 17. The maximum absolute atomic E-state index is 13.7.